The van der Waals surface area contributed by atoms with Gasteiger partial charge >= 0.3 is 0 Å². The highest BCUT2D eigenvalue weighted by atomic mass is 15.4. The number of hydrogen-bond acceptors (Lipinski definition) is 4. The van der Waals surface area contributed by atoms with Crippen LogP contribution in [0.5, 0.6) is 0 Å². The van der Waals surface area contributed by atoms with Crippen molar-refractivity contribution >= 4 is 0 Å². The Hall–Kier alpha value is -0.160. The van der Waals surface area contributed by atoms with E-state index in [4.69, 9.17) is 5.73 Å². The summed E-state index contributed by atoms with van der Waals surface area (Å²) in [7, 11) is 2.24. The molecule has 4 nitrogen and oxygen atoms in total. The molecule has 110 valence electrons. The van der Waals surface area contributed by atoms with E-state index in [9.17, 15) is 0 Å². The van der Waals surface area contributed by atoms with Crippen molar-refractivity contribution in [3.63, 3.8) is 0 Å². The highest BCUT2D eigenvalue weighted by Crippen LogP contribution is 2.39. The molecular weight excluding hydrogens is 236 g/mol. The average molecular weight is 266 g/mol. The third-order valence-corrected chi connectivity index (χ3v) is 5.74. The maximum Gasteiger partial charge on any atom is 0.0474 e. The van der Waals surface area contributed by atoms with Crippen LogP contribution in [0.2, 0.25) is 0 Å². The van der Waals surface area contributed by atoms with E-state index < -0.39 is 0 Å². The second kappa shape index (κ2) is 4.99. The summed E-state index contributed by atoms with van der Waals surface area (Å²) in [6.45, 7) is 10.3. The largest absolute Gasteiger partial charge is 0.329 e. The first-order valence-electron chi connectivity index (χ1n) is 7.97. The summed E-state index contributed by atoms with van der Waals surface area (Å²) in [5, 5.41) is 0. The Morgan fingerprint density at radius 3 is 2.47 bits per heavy atom. The van der Waals surface area contributed by atoms with Crippen LogP contribution in [0, 0.1) is 0 Å². The number of likely N-dealkylation sites (N-methyl/N-ethyl adjacent to an activating group) is 1. The Morgan fingerprint density at radius 1 is 1.16 bits per heavy atom. The fourth-order valence-electron chi connectivity index (χ4n) is 4.11. The molecule has 0 aromatic rings. The Balaban J connectivity index is 1.72. The Labute approximate surface area is 117 Å². The Bertz CT molecular complexity index is 330. The molecule has 3 fully saturated rings. The molecule has 0 aromatic carbocycles. The van der Waals surface area contributed by atoms with Gasteiger partial charge in [-0.3, -0.25) is 9.80 Å². The van der Waals surface area contributed by atoms with Crippen LogP contribution in [0.25, 0.3) is 0 Å². The number of piperazine rings is 1. The summed E-state index contributed by atoms with van der Waals surface area (Å²) in [4.78, 5) is 7.91. The van der Waals surface area contributed by atoms with Crippen LogP contribution in [-0.2, 0) is 0 Å². The zero-order valence-corrected chi connectivity index (χ0v) is 12.8. The molecule has 2 aliphatic heterocycles. The van der Waals surface area contributed by atoms with Crippen molar-refractivity contribution in [2.45, 2.75) is 56.8 Å². The maximum absolute atomic E-state index is 6.24. The first-order valence-corrected chi connectivity index (χ1v) is 7.97. The van der Waals surface area contributed by atoms with Gasteiger partial charge in [0.15, 0.2) is 0 Å². The molecule has 3 aliphatic rings. The van der Waals surface area contributed by atoms with E-state index in [2.05, 4.69) is 35.6 Å². The van der Waals surface area contributed by atoms with Crippen LogP contribution >= 0.6 is 0 Å². The third-order valence-electron chi connectivity index (χ3n) is 5.74. The summed E-state index contributed by atoms with van der Waals surface area (Å²) in [6, 6.07) is 2.24. The number of hydrogen-bond donors (Lipinski definition) is 1. The van der Waals surface area contributed by atoms with Crippen molar-refractivity contribution in [2.24, 2.45) is 5.73 Å². The minimum absolute atomic E-state index is 0.248. The zero-order valence-electron chi connectivity index (χ0n) is 12.8. The SMILES string of the molecule is CC1CN(C2(CN)CC(C)N(C3CC3)C2)CCN1C. The summed E-state index contributed by atoms with van der Waals surface area (Å²) in [5.41, 5.74) is 6.49. The summed E-state index contributed by atoms with van der Waals surface area (Å²) >= 11 is 0. The van der Waals surface area contributed by atoms with Crippen LogP contribution < -0.4 is 5.73 Å². The van der Waals surface area contributed by atoms with Gasteiger partial charge in [-0.15, -0.1) is 0 Å². The van der Waals surface area contributed by atoms with Crippen molar-refractivity contribution in [3.8, 4) is 0 Å². The molecule has 2 heterocycles. The van der Waals surface area contributed by atoms with E-state index in [0.29, 0.717) is 12.1 Å². The number of likely N-dealkylation sites (tertiary alicyclic amines) is 1. The van der Waals surface area contributed by atoms with Crippen LogP contribution in [0.15, 0.2) is 0 Å². The van der Waals surface area contributed by atoms with Crippen LogP contribution in [0.1, 0.15) is 33.1 Å². The van der Waals surface area contributed by atoms with E-state index in [1.165, 1.54) is 45.4 Å². The van der Waals surface area contributed by atoms with E-state index in [1.54, 1.807) is 0 Å². The lowest BCUT2D eigenvalue weighted by Gasteiger charge is -2.47. The lowest BCUT2D eigenvalue weighted by molar-refractivity contribution is 0.0221. The van der Waals surface area contributed by atoms with Crippen molar-refractivity contribution in [1.82, 2.24) is 14.7 Å². The lowest BCUT2D eigenvalue weighted by atomic mass is 9.92. The minimum Gasteiger partial charge on any atom is -0.329 e. The molecule has 1 aliphatic carbocycles. The van der Waals surface area contributed by atoms with Crippen LogP contribution in [0.4, 0.5) is 0 Å². The molecule has 0 amide bonds. The van der Waals surface area contributed by atoms with Gasteiger partial charge in [0.05, 0.1) is 0 Å². The van der Waals surface area contributed by atoms with Crippen molar-refractivity contribution < 1.29 is 0 Å². The quantitative estimate of drug-likeness (QED) is 0.810. The normalized spacial score (nSPS) is 42.9. The van der Waals surface area contributed by atoms with E-state index in [-0.39, 0.29) is 5.54 Å². The van der Waals surface area contributed by atoms with Gasteiger partial charge in [-0.25, -0.2) is 0 Å². The molecule has 3 unspecified atom stereocenters. The van der Waals surface area contributed by atoms with Gasteiger partial charge in [0.25, 0.3) is 0 Å². The topological polar surface area (TPSA) is 35.7 Å². The number of nitrogens with two attached hydrogens (primary N) is 1. The summed E-state index contributed by atoms with van der Waals surface area (Å²) in [5.74, 6) is 0. The van der Waals surface area contributed by atoms with Gasteiger partial charge in [0, 0.05) is 56.4 Å². The average Bonchev–Trinajstić information content (AvgIpc) is 3.17. The number of nitrogens with zero attached hydrogens (tertiary/aromatic N) is 3. The molecule has 0 aromatic heterocycles. The zero-order chi connectivity index (χ0) is 13.6. The highest BCUT2D eigenvalue weighted by Gasteiger charge is 2.49. The van der Waals surface area contributed by atoms with Gasteiger partial charge in [-0.05, 0) is 40.2 Å². The predicted octanol–water partition coefficient (Wildman–Crippen LogP) is 0.576. The smallest absolute Gasteiger partial charge is 0.0474 e. The molecule has 0 bridgehead atoms. The van der Waals surface area contributed by atoms with E-state index in [0.717, 1.165) is 12.6 Å². The number of rotatable bonds is 3. The van der Waals surface area contributed by atoms with Crippen molar-refractivity contribution in [3.05, 3.63) is 0 Å². The highest BCUT2D eigenvalue weighted by molar-refractivity contribution is 5.07. The van der Waals surface area contributed by atoms with E-state index in [1.807, 2.05) is 0 Å². The fraction of sp³-hybridized carbons (Fsp3) is 1.00. The minimum atomic E-state index is 0.248. The maximum atomic E-state index is 6.24. The molecule has 0 radical (unpaired) electrons. The molecule has 0 spiro atoms. The van der Waals surface area contributed by atoms with Gasteiger partial charge in [0.2, 0.25) is 0 Å². The second-order valence-electron chi connectivity index (χ2n) is 7.16. The molecule has 2 saturated heterocycles. The van der Waals surface area contributed by atoms with Crippen LogP contribution in [-0.4, -0.2) is 78.1 Å². The molecule has 4 heteroatoms. The summed E-state index contributed by atoms with van der Waals surface area (Å²) < 4.78 is 0. The van der Waals surface area contributed by atoms with Crippen LogP contribution in [0.3, 0.4) is 0 Å². The van der Waals surface area contributed by atoms with Gasteiger partial charge in [0.1, 0.15) is 0 Å². The molecule has 3 rings (SSSR count). The Morgan fingerprint density at radius 2 is 1.89 bits per heavy atom. The predicted molar refractivity (Wildman–Crippen MR) is 79.3 cm³/mol. The molecule has 1 saturated carbocycles. The first-order chi connectivity index (χ1) is 9.05. The second-order valence-corrected chi connectivity index (χ2v) is 7.16. The molecular formula is C15H30N4. The Kier molecular flexibility index (Phi) is 3.63. The monoisotopic (exact) mass is 266 g/mol. The fourth-order valence-corrected chi connectivity index (χ4v) is 4.11. The molecule has 2 N–H and O–H groups in total. The summed E-state index contributed by atoms with van der Waals surface area (Å²) in [6.07, 6.45) is 4.07. The third kappa shape index (κ3) is 2.44. The molecule has 19 heavy (non-hydrogen) atoms. The first kappa shape index (κ1) is 13.8. The van der Waals surface area contributed by atoms with Gasteiger partial charge in [-0.1, -0.05) is 0 Å². The van der Waals surface area contributed by atoms with E-state index >= 15 is 0 Å². The lowest BCUT2D eigenvalue weighted by Crippen LogP contribution is -2.63. The van der Waals surface area contributed by atoms with Crippen molar-refractivity contribution in [2.75, 3.05) is 39.8 Å². The van der Waals surface area contributed by atoms with Gasteiger partial charge < -0.3 is 10.6 Å². The van der Waals surface area contributed by atoms with Crippen molar-refractivity contribution in [1.29, 1.82) is 0 Å². The van der Waals surface area contributed by atoms with Gasteiger partial charge in [-0.2, -0.15) is 0 Å². The molecule has 3 atom stereocenters. The standard InChI is InChI=1S/C15H30N4/c1-12-8-15(10-16,11-19(12)14-4-5-14)18-7-6-17(3)13(2)9-18/h12-14H,4-11,16H2,1-3H3.